The van der Waals surface area contributed by atoms with E-state index in [1.807, 2.05) is 63.2 Å². The largest absolute Gasteiger partial charge is 0.497 e. The number of aliphatic imine (C=N–C) groups is 1. The molecule has 34 heavy (non-hydrogen) atoms. The molecule has 174 valence electrons. The Morgan fingerprint density at radius 1 is 0.882 bits per heavy atom. The highest BCUT2D eigenvalue weighted by Gasteiger charge is 2.51. The zero-order valence-corrected chi connectivity index (χ0v) is 20.0. The summed E-state index contributed by atoms with van der Waals surface area (Å²) >= 11 is 0. The molecular weight excluding hydrogens is 424 g/mol. The van der Waals surface area contributed by atoms with E-state index in [0.29, 0.717) is 0 Å². The number of esters is 1. The van der Waals surface area contributed by atoms with E-state index < -0.39 is 11.6 Å². The number of nitrogens with one attached hydrogen (secondary N) is 1. The van der Waals surface area contributed by atoms with E-state index in [1.165, 1.54) is 0 Å². The molecule has 3 aromatic carbocycles. The van der Waals surface area contributed by atoms with E-state index in [0.717, 1.165) is 33.8 Å². The van der Waals surface area contributed by atoms with Crippen molar-refractivity contribution < 1.29 is 14.3 Å². The lowest BCUT2D eigenvalue weighted by atomic mass is 9.71. The molecule has 1 N–H and O–H groups in total. The number of carbonyl (C=O) groups is 1. The highest BCUT2D eigenvalue weighted by Crippen LogP contribution is 2.52. The normalized spacial score (nSPS) is 23.2. The minimum Gasteiger partial charge on any atom is -0.497 e. The molecule has 0 amide bonds. The van der Waals surface area contributed by atoms with Gasteiger partial charge in [0.2, 0.25) is 0 Å². The number of methoxy groups -OCH3 is 1. The van der Waals surface area contributed by atoms with Gasteiger partial charge >= 0.3 is 5.97 Å². The number of para-hydroxylation sites is 1. The summed E-state index contributed by atoms with van der Waals surface area (Å²) in [5.41, 5.74) is 4.64. The summed E-state index contributed by atoms with van der Waals surface area (Å²) in [5.74, 6) is 0.364. The summed E-state index contributed by atoms with van der Waals surface area (Å²) in [7, 11) is 1.67. The quantitative estimate of drug-likeness (QED) is 0.508. The summed E-state index contributed by atoms with van der Waals surface area (Å²) in [6.45, 7) is 5.70. The van der Waals surface area contributed by atoms with E-state index in [1.54, 1.807) is 7.11 Å². The molecule has 5 nitrogen and oxygen atoms in total. The van der Waals surface area contributed by atoms with E-state index in [2.05, 4.69) is 41.7 Å². The maximum atomic E-state index is 13.5. The molecular formula is C29H30N2O3. The zero-order chi connectivity index (χ0) is 23.9. The Labute approximate surface area is 200 Å². The van der Waals surface area contributed by atoms with Crippen LogP contribution >= 0.6 is 0 Å². The van der Waals surface area contributed by atoms with Crippen molar-refractivity contribution in [1.29, 1.82) is 0 Å². The summed E-state index contributed by atoms with van der Waals surface area (Å²) in [5, 5.41) is 3.76. The number of benzene rings is 3. The fraction of sp³-hybridized carbons (Fsp3) is 0.310. The number of hydrogen-bond donors (Lipinski definition) is 1. The SMILES string of the molecule is COc1ccc(C2Nc3ccccc3C3C(C(=O)OC(C)(C)C)N=C(c4ccccc4)C23)cc1. The summed E-state index contributed by atoms with van der Waals surface area (Å²) in [6.07, 6.45) is 0. The van der Waals surface area contributed by atoms with Crippen molar-refractivity contribution in [2.45, 2.75) is 44.4 Å². The standard InChI is InChI=1S/C29H30N2O3/c1-29(2,3)34-28(32)27-23-21-12-8-9-13-22(21)30-25(19-14-16-20(33-4)17-15-19)24(23)26(31-27)18-10-6-5-7-11-18/h5-17,23-25,27,30H,1-4H3. The van der Waals surface area contributed by atoms with Crippen molar-refractivity contribution in [3.63, 3.8) is 0 Å². The third-order valence-electron chi connectivity index (χ3n) is 6.50. The summed E-state index contributed by atoms with van der Waals surface area (Å²) in [6, 6.07) is 25.9. The molecule has 5 heteroatoms. The molecule has 0 fully saturated rings. The molecule has 0 bridgehead atoms. The van der Waals surface area contributed by atoms with E-state index >= 15 is 0 Å². The Morgan fingerprint density at radius 2 is 1.56 bits per heavy atom. The minimum absolute atomic E-state index is 0.0387. The van der Waals surface area contributed by atoms with Gasteiger partial charge in [-0.05, 0) is 55.7 Å². The molecule has 0 aromatic heterocycles. The lowest BCUT2D eigenvalue weighted by molar-refractivity contribution is -0.156. The van der Waals surface area contributed by atoms with Crippen molar-refractivity contribution in [1.82, 2.24) is 0 Å². The van der Waals surface area contributed by atoms with Crippen LogP contribution in [0.4, 0.5) is 5.69 Å². The Hall–Kier alpha value is -3.60. The highest BCUT2D eigenvalue weighted by molar-refractivity contribution is 6.07. The van der Waals surface area contributed by atoms with Crippen molar-refractivity contribution in [3.8, 4) is 5.75 Å². The van der Waals surface area contributed by atoms with Crippen molar-refractivity contribution in [3.05, 3.63) is 95.6 Å². The Balaban J connectivity index is 1.66. The molecule has 0 radical (unpaired) electrons. The molecule has 0 aliphatic carbocycles. The number of ether oxygens (including phenoxy) is 2. The van der Waals surface area contributed by atoms with Gasteiger partial charge in [-0.1, -0.05) is 60.7 Å². The van der Waals surface area contributed by atoms with Gasteiger partial charge in [0.1, 0.15) is 11.4 Å². The maximum absolute atomic E-state index is 13.5. The lowest BCUT2D eigenvalue weighted by Gasteiger charge is -2.39. The van der Waals surface area contributed by atoms with Crippen LogP contribution in [-0.4, -0.2) is 30.4 Å². The van der Waals surface area contributed by atoms with E-state index in [9.17, 15) is 4.79 Å². The predicted molar refractivity (Wildman–Crippen MR) is 135 cm³/mol. The van der Waals surface area contributed by atoms with Crippen LogP contribution in [0.2, 0.25) is 0 Å². The summed E-state index contributed by atoms with van der Waals surface area (Å²) in [4.78, 5) is 18.5. The number of rotatable bonds is 4. The summed E-state index contributed by atoms with van der Waals surface area (Å²) < 4.78 is 11.2. The molecule has 2 aliphatic rings. The average Bonchev–Trinajstić information content (AvgIpc) is 3.24. The van der Waals surface area contributed by atoms with Crippen molar-refractivity contribution >= 4 is 17.4 Å². The van der Waals surface area contributed by atoms with Gasteiger partial charge in [0.25, 0.3) is 0 Å². The van der Waals surface area contributed by atoms with Gasteiger partial charge in [0.05, 0.1) is 13.2 Å². The second kappa shape index (κ2) is 8.64. The Bertz CT molecular complexity index is 1210. The van der Waals surface area contributed by atoms with Gasteiger partial charge in [-0.3, -0.25) is 4.99 Å². The zero-order valence-electron chi connectivity index (χ0n) is 20.0. The third kappa shape index (κ3) is 4.07. The van der Waals surface area contributed by atoms with Gasteiger partial charge in [0.15, 0.2) is 6.04 Å². The van der Waals surface area contributed by atoms with Crippen LogP contribution in [0.25, 0.3) is 0 Å². The molecule has 4 atom stereocenters. The Morgan fingerprint density at radius 3 is 2.24 bits per heavy atom. The number of hydrogen-bond acceptors (Lipinski definition) is 5. The monoisotopic (exact) mass is 454 g/mol. The first kappa shape index (κ1) is 22.2. The fourth-order valence-electron chi connectivity index (χ4n) is 5.13. The number of fused-ring (bicyclic) bond motifs is 3. The molecule has 0 saturated heterocycles. The first-order chi connectivity index (χ1) is 16.4. The third-order valence-corrected chi connectivity index (χ3v) is 6.50. The van der Waals surface area contributed by atoms with Crippen LogP contribution in [0.5, 0.6) is 5.75 Å². The van der Waals surface area contributed by atoms with Gasteiger partial charge < -0.3 is 14.8 Å². The lowest BCUT2D eigenvalue weighted by Crippen LogP contribution is -2.40. The molecule has 4 unspecified atom stereocenters. The van der Waals surface area contributed by atoms with E-state index in [-0.39, 0.29) is 23.8 Å². The average molecular weight is 455 g/mol. The van der Waals surface area contributed by atoms with Crippen LogP contribution in [0.1, 0.15) is 49.4 Å². The molecule has 5 rings (SSSR count). The molecule has 2 heterocycles. The number of carbonyl (C=O) groups excluding carboxylic acids is 1. The molecule has 0 spiro atoms. The van der Waals surface area contributed by atoms with Crippen LogP contribution < -0.4 is 10.1 Å². The predicted octanol–water partition coefficient (Wildman–Crippen LogP) is 5.78. The van der Waals surface area contributed by atoms with Crippen LogP contribution in [-0.2, 0) is 9.53 Å². The van der Waals surface area contributed by atoms with Crippen LogP contribution in [0.15, 0.2) is 83.9 Å². The molecule has 0 saturated carbocycles. The van der Waals surface area contributed by atoms with Crippen LogP contribution in [0, 0.1) is 5.92 Å². The van der Waals surface area contributed by atoms with Gasteiger partial charge in [-0.15, -0.1) is 0 Å². The second-order valence-electron chi connectivity index (χ2n) is 9.89. The van der Waals surface area contributed by atoms with Crippen molar-refractivity contribution in [2.75, 3.05) is 12.4 Å². The van der Waals surface area contributed by atoms with Crippen molar-refractivity contribution in [2.24, 2.45) is 10.9 Å². The van der Waals surface area contributed by atoms with E-state index in [4.69, 9.17) is 14.5 Å². The highest BCUT2D eigenvalue weighted by atomic mass is 16.6. The van der Waals surface area contributed by atoms with Gasteiger partial charge in [-0.25, -0.2) is 4.79 Å². The van der Waals surface area contributed by atoms with Crippen LogP contribution in [0.3, 0.4) is 0 Å². The van der Waals surface area contributed by atoms with Gasteiger partial charge in [-0.2, -0.15) is 0 Å². The Kier molecular flexibility index (Phi) is 5.64. The maximum Gasteiger partial charge on any atom is 0.332 e. The fourth-order valence-corrected chi connectivity index (χ4v) is 5.13. The first-order valence-corrected chi connectivity index (χ1v) is 11.7. The second-order valence-corrected chi connectivity index (χ2v) is 9.89. The number of nitrogens with zero attached hydrogens (tertiary/aromatic N) is 1. The molecule has 2 aliphatic heterocycles. The van der Waals surface area contributed by atoms with Gasteiger partial charge in [0, 0.05) is 23.2 Å². The minimum atomic E-state index is -0.608. The topological polar surface area (TPSA) is 59.9 Å². The molecule has 3 aromatic rings. The first-order valence-electron chi connectivity index (χ1n) is 11.7. The number of anilines is 1. The smallest absolute Gasteiger partial charge is 0.332 e.